The molecule has 1 rings (SSSR count). The van der Waals surface area contributed by atoms with Crippen molar-refractivity contribution in [2.75, 3.05) is 37.7 Å². The normalized spacial score (nSPS) is 16.6. The van der Waals surface area contributed by atoms with Gasteiger partial charge in [-0.1, -0.05) is 6.92 Å². The highest BCUT2D eigenvalue weighted by Crippen LogP contribution is 2.17. The number of piperidine rings is 1. The third-order valence-electron chi connectivity index (χ3n) is 3.32. The van der Waals surface area contributed by atoms with Crippen LogP contribution in [0.25, 0.3) is 0 Å². The number of thioether (sulfide) groups is 1. The Kier molecular flexibility index (Phi) is 7.90. The Hall–Kier alpha value is -0.750. The molecule has 0 aromatic carbocycles. The molecule has 1 saturated heterocycles. The van der Waals surface area contributed by atoms with Gasteiger partial charge in [-0.15, -0.1) is 0 Å². The predicted octanol–water partition coefficient (Wildman–Crippen LogP) is 1.04. The number of likely N-dealkylation sites (tertiary alicyclic amines) is 1. The fourth-order valence-corrected chi connectivity index (χ4v) is 2.76. The molecular formula is C13H24N2O3S. The lowest BCUT2D eigenvalue weighted by Gasteiger charge is -2.30. The number of carbonyl (C=O) groups is 2. The van der Waals surface area contributed by atoms with Gasteiger partial charge in [0.1, 0.15) is 0 Å². The van der Waals surface area contributed by atoms with Crippen LogP contribution >= 0.6 is 11.8 Å². The van der Waals surface area contributed by atoms with Crippen molar-refractivity contribution in [3.05, 3.63) is 0 Å². The molecule has 5 nitrogen and oxygen atoms in total. The van der Waals surface area contributed by atoms with Gasteiger partial charge in [0.05, 0.1) is 12.5 Å². The predicted molar refractivity (Wildman–Crippen MR) is 77.4 cm³/mol. The lowest BCUT2D eigenvalue weighted by atomic mass is 9.97. The first-order valence-electron chi connectivity index (χ1n) is 6.94. The van der Waals surface area contributed by atoms with E-state index in [0.29, 0.717) is 32.5 Å². The van der Waals surface area contributed by atoms with Gasteiger partial charge in [0.25, 0.3) is 0 Å². The molecule has 1 aliphatic heterocycles. The lowest BCUT2D eigenvalue weighted by molar-refractivity contribution is -0.145. The van der Waals surface area contributed by atoms with Crippen LogP contribution in [0.2, 0.25) is 0 Å². The highest BCUT2D eigenvalue weighted by atomic mass is 32.2. The van der Waals surface area contributed by atoms with Crippen LogP contribution in [0.1, 0.15) is 26.2 Å². The summed E-state index contributed by atoms with van der Waals surface area (Å²) in [6.07, 6.45) is 2.23. The van der Waals surface area contributed by atoms with E-state index in [-0.39, 0.29) is 11.8 Å². The zero-order chi connectivity index (χ0) is 14.1. The van der Waals surface area contributed by atoms with Gasteiger partial charge in [0.15, 0.2) is 0 Å². The van der Waals surface area contributed by atoms with Crippen molar-refractivity contribution in [3.8, 4) is 0 Å². The van der Waals surface area contributed by atoms with Crippen LogP contribution < -0.4 is 5.32 Å². The SMILES string of the molecule is CCSCCCNCC(=O)N1CCC(C(=O)O)CC1. The van der Waals surface area contributed by atoms with Gasteiger partial charge >= 0.3 is 5.97 Å². The maximum Gasteiger partial charge on any atom is 0.306 e. The molecule has 1 amide bonds. The number of carbonyl (C=O) groups excluding carboxylic acids is 1. The van der Waals surface area contributed by atoms with Crippen LogP contribution in [-0.2, 0) is 9.59 Å². The van der Waals surface area contributed by atoms with Crippen molar-refractivity contribution in [1.82, 2.24) is 10.2 Å². The van der Waals surface area contributed by atoms with Crippen LogP contribution in [0.15, 0.2) is 0 Å². The maximum absolute atomic E-state index is 11.9. The minimum absolute atomic E-state index is 0.0898. The summed E-state index contributed by atoms with van der Waals surface area (Å²) in [5, 5.41) is 12.0. The summed E-state index contributed by atoms with van der Waals surface area (Å²) in [5.41, 5.74) is 0. The summed E-state index contributed by atoms with van der Waals surface area (Å²) in [5.74, 6) is 1.34. The molecule has 0 aliphatic carbocycles. The molecule has 110 valence electrons. The standard InChI is InChI=1S/C13H24N2O3S/c1-2-19-9-3-6-14-10-12(16)15-7-4-11(5-8-15)13(17)18/h11,14H,2-10H2,1H3,(H,17,18). The zero-order valence-corrected chi connectivity index (χ0v) is 12.4. The van der Waals surface area contributed by atoms with Crippen LogP contribution in [0.3, 0.4) is 0 Å². The average Bonchev–Trinajstić information content (AvgIpc) is 2.42. The summed E-state index contributed by atoms with van der Waals surface area (Å²) >= 11 is 1.91. The smallest absolute Gasteiger partial charge is 0.306 e. The van der Waals surface area contributed by atoms with E-state index in [1.54, 1.807) is 4.90 Å². The Balaban J connectivity index is 2.09. The first-order chi connectivity index (χ1) is 9.15. The first-order valence-corrected chi connectivity index (χ1v) is 8.09. The summed E-state index contributed by atoms with van der Waals surface area (Å²) in [6, 6.07) is 0. The molecule has 19 heavy (non-hydrogen) atoms. The molecule has 1 fully saturated rings. The topological polar surface area (TPSA) is 69.6 Å². The van der Waals surface area contributed by atoms with Crippen molar-refractivity contribution >= 4 is 23.6 Å². The minimum atomic E-state index is -0.737. The molecule has 0 bridgehead atoms. The molecule has 0 unspecified atom stereocenters. The van der Waals surface area contributed by atoms with Gasteiger partial charge in [-0.05, 0) is 37.3 Å². The van der Waals surface area contributed by atoms with E-state index < -0.39 is 5.97 Å². The van der Waals surface area contributed by atoms with Crippen molar-refractivity contribution in [2.24, 2.45) is 5.92 Å². The number of amides is 1. The number of aliphatic carboxylic acids is 1. The number of rotatable bonds is 8. The van der Waals surface area contributed by atoms with Gasteiger partial charge in [-0.2, -0.15) is 11.8 Å². The third-order valence-corrected chi connectivity index (χ3v) is 4.31. The quantitative estimate of drug-likeness (QED) is 0.653. The summed E-state index contributed by atoms with van der Waals surface area (Å²) in [6.45, 7) is 4.52. The Bertz CT molecular complexity index is 292. The average molecular weight is 288 g/mol. The third kappa shape index (κ3) is 6.29. The van der Waals surface area contributed by atoms with E-state index in [0.717, 1.165) is 24.5 Å². The molecule has 0 aromatic heterocycles. The Labute approximate surface area is 119 Å². The molecule has 0 saturated carbocycles. The first kappa shape index (κ1) is 16.3. The second-order valence-corrected chi connectivity index (χ2v) is 6.11. The van der Waals surface area contributed by atoms with E-state index in [4.69, 9.17) is 5.11 Å². The molecule has 1 aliphatic rings. The Morgan fingerprint density at radius 3 is 2.63 bits per heavy atom. The number of carboxylic acids is 1. The van der Waals surface area contributed by atoms with Crippen LogP contribution in [0, 0.1) is 5.92 Å². The van der Waals surface area contributed by atoms with E-state index in [1.165, 1.54) is 0 Å². The Morgan fingerprint density at radius 2 is 2.05 bits per heavy atom. The molecular weight excluding hydrogens is 264 g/mol. The number of nitrogens with one attached hydrogen (secondary N) is 1. The van der Waals surface area contributed by atoms with Crippen molar-refractivity contribution in [1.29, 1.82) is 0 Å². The van der Waals surface area contributed by atoms with E-state index in [1.807, 2.05) is 11.8 Å². The molecule has 0 spiro atoms. The molecule has 6 heteroatoms. The monoisotopic (exact) mass is 288 g/mol. The van der Waals surface area contributed by atoms with E-state index >= 15 is 0 Å². The van der Waals surface area contributed by atoms with Gasteiger partial charge in [-0.3, -0.25) is 9.59 Å². The summed E-state index contributed by atoms with van der Waals surface area (Å²) in [7, 11) is 0. The highest BCUT2D eigenvalue weighted by molar-refractivity contribution is 7.99. The number of carboxylic acid groups (broad SMARTS) is 1. The van der Waals surface area contributed by atoms with Crippen LogP contribution in [-0.4, -0.2) is 59.6 Å². The lowest BCUT2D eigenvalue weighted by Crippen LogP contribution is -2.44. The highest BCUT2D eigenvalue weighted by Gasteiger charge is 2.26. The second kappa shape index (κ2) is 9.20. The van der Waals surface area contributed by atoms with Gasteiger partial charge in [-0.25, -0.2) is 0 Å². The van der Waals surface area contributed by atoms with Crippen molar-refractivity contribution < 1.29 is 14.7 Å². The fourth-order valence-electron chi connectivity index (χ4n) is 2.13. The maximum atomic E-state index is 11.9. The van der Waals surface area contributed by atoms with Crippen molar-refractivity contribution in [3.63, 3.8) is 0 Å². The molecule has 0 atom stereocenters. The number of hydrogen-bond acceptors (Lipinski definition) is 4. The fraction of sp³-hybridized carbons (Fsp3) is 0.846. The molecule has 0 radical (unpaired) electrons. The van der Waals surface area contributed by atoms with E-state index in [2.05, 4.69) is 12.2 Å². The number of nitrogens with zero attached hydrogens (tertiary/aromatic N) is 1. The summed E-state index contributed by atoms with van der Waals surface area (Å²) in [4.78, 5) is 24.5. The van der Waals surface area contributed by atoms with Gasteiger partial charge in [0, 0.05) is 13.1 Å². The summed E-state index contributed by atoms with van der Waals surface area (Å²) < 4.78 is 0. The minimum Gasteiger partial charge on any atom is -0.481 e. The van der Waals surface area contributed by atoms with Gasteiger partial charge in [0.2, 0.25) is 5.91 Å². The van der Waals surface area contributed by atoms with Crippen LogP contribution in [0.4, 0.5) is 0 Å². The molecule has 1 heterocycles. The van der Waals surface area contributed by atoms with Crippen LogP contribution in [0.5, 0.6) is 0 Å². The van der Waals surface area contributed by atoms with Crippen molar-refractivity contribution in [2.45, 2.75) is 26.2 Å². The largest absolute Gasteiger partial charge is 0.481 e. The number of hydrogen-bond donors (Lipinski definition) is 2. The molecule has 2 N–H and O–H groups in total. The second-order valence-electron chi connectivity index (χ2n) is 4.72. The zero-order valence-electron chi connectivity index (χ0n) is 11.6. The molecule has 0 aromatic rings. The van der Waals surface area contributed by atoms with E-state index in [9.17, 15) is 9.59 Å². The Morgan fingerprint density at radius 1 is 1.37 bits per heavy atom. The van der Waals surface area contributed by atoms with Gasteiger partial charge < -0.3 is 15.3 Å².